The predicted molar refractivity (Wildman–Crippen MR) is 86.2 cm³/mol. The number of benzene rings is 1. The summed E-state index contributed by atoms with van der Waals surface area (Å²) in [5, 5.41) is 3.32. The molecule has 0 amide bonds. The molecule has 0 spiro atoms. The molecule has 5 heteroatoms. The van der Waals surface area contributed by atoms with E-state index in [1.165, 1.54) is 6.42 Å². The monoisotopic (exact) mass is 312 g/mol. The molecule has 4 rings (SSSR count). The summed E-state index contributed by atoms with van der Waals surface area (Å²) in [6, 6.07) is 14.4. The molecule has 0 saturated carbocycles. The van der Waals surface area contributed by atoms with E-state index in [-0.39, 0.29) is 6.29 Å². The quantitative estimate of drug-likeness (QED) is 0.919. The van der Waals surface area contributed by atoms with Crippen LogP contribution in [-0.2, 0) is 9.47 Å². The number of nitrogens with zero attached hydrogens (tertiary/aromatic N) is 1. The summed E-state index contributed by atoms with van der Waals surface area (Å²) in [7, 11) is 0. The molecular weight excluding hydrogens is 292 g/mol. The number of nitrogens with one attached hydrogen (secondary N) is 1. The Morgan fingerprint density at radius 2 is 1.96 bits per heavy atom. The molecule has 1 atom stereocenters. The zero-order valence-electron chi connectivity index (χ0n) is 12.9. The van der Waals surface area contributed by atoms with Gasteiger partial charge in [-0.05, 0) is 25.1 Å². The van der Waals surface area contributed by atoms with Gasteiger partial charge in [0.05, 0.1) is 18.9 Å². The Balaban J connectivity index is 1.51. The SMILES string of the molecule is c1cc(-c2cccc(OC[C@H]3CCN3)n2)cc(C2OCCO2)c1. The maximum Gasteiger partial charge on any atom is 0.213 e. The van der Waals surface area contributed by atoms with Gasteiger partial charge in [-0.15, -0.1) is 0 Å². The minimum atomic E-state index is -0.265. The van der Waals surface area contributed by atoms with Crippen LogP contribution in [0.3, 0.4) is 0 Å². The number of hydrogen-bond donors (Lipinski definition) is 1. The van der Waals surface area contributed by atoms with Gasteiger partial charge in [-0.1, -0.05) is 24.3 Å². The van der Waals surface area contributed by atoms with Crippen LogP contribution in [0, 0.1) is 0 Å². The Kier molecular flexibility index (Phi) is 4.24. The van der Waals surface area contributed by atoms with Crippen molar-refractivity contribution in [2.24, 2.45) is 0 Å². The minimum Gasteiger partial charge on any atom is -0.476 e. The molecule has 0 aliphatic carbocycles. The average molecular weight is 312 g/mol. The smallest absolute Gasteiger partial charge is 0.213 e. The molecule has 2 aromatic rings. The maximum absolute atomic E-state index is 5.78. The highest BCUT2D eigenvalue weighted by molar-refractivity contribution is 5.60. The Labute approximate surface area is 135 Å². The van der Waals surface area contributed by atoms with Gasteiger partial charge in [0.2, 0.25) is 5.88 Å². The van der Waals surface area contributed by atoms with Crippen molar-refractivity contribution in [1.29, 1.82) is 0 Å². The van der Waals surface area contributed by atoms with E-state index in [1.54, 1.807) is 0 Å². The first kappa shape index (κ1) is 14.6. The summed E-state index contributed by atoms with van der Waals surface area (Å²) in [6.45, 7) is 3.04. The highest BCUT2D eigenvalue weighted by Gasteiger charge is 2.19. The van der Waals surface area contributed by atoms with Gasteiger partial charge in [-0.2, -0.15) is 0 Å². The van der Waals surface area contributed by atoms with E-state index >= 15 is 0 Å². The first-order valence-corrected chi connectivity index (χ1v) is 8.05. The molecule has 1 N–H and O–H groups in total. The van der Waals surface area contributed by atoms with Crippen LogP contribution in [0.5, 0.6) is 5.88 Å². The van der Waals surface area contributed by atoms with Crippen molar-refractivity contribution < 1.29 is 14.2 Å². The third-order valence-electron chi connectivity index (χ3n) is 4.16. The zero-order chi connectivity index (χ0) is 15.5. The van der Waals surface area contributed by atoms with E-state index in [0.29, 0.717) is 31.7 Å². The van der Waals surface area contributed by atoms with Crippen molar-refractivity contribution in [2.45, 2.75) is 18.8 Å². The molecule has 120 valence electrons. The van der Waals surface area contributed by atoms with Crippen molar-refractivity contribution in [3.8, 4) is 17.1 Å². The lowest BCUT2D eigenvalue weighted by Gasteiger charge is -2.27. The van der Waals surface area contributed by atoms with Crippen molar-refractivity contribution in [2.75, 3.05) is 26.4 Å². The van der Waals surface area contributed by atoms with Crippen LogP contribution < -0.4 is 10.1 Å². The van der Waals surface area contributed by atoms with E-state index in [9.17, 15) is 0 Å². The van der Waals surface area contributed by atoms with Crippen LogP contribution in [0.25, 0.3) is 11.3 Å². The highest BCUT2D eigenvalue weighted by Crippen LogP contribution is 2.27. The van der Waals surface area contributed by atoms with Gasteiger partial charge >= 0.3 is 0 Å². The lowest BCUT2D eigenvalue weighted by molar-refractivity contribution is -0.0440. The van der Waals surface area contributed by atoms with Gasteiger partial charge in [-0.3, -0.25) is 0 Å². The normalized spacial score (nSPS) is 21.1. The molecule has 5 nitrogen and oxygen atoms in total. The minimum absolute atomic E-state index is 0.265. The fourth-order valence-electron chi connectivity index (χ4n) is 2.73. The number of rotatable bonds is 5. The molecule has 3 heterocycles. The summed E-state index contributed by atoms with van der Waals surface area (Å²) in [4.78, 5) is 4.61. The van der Waals surface area contributed by atoms with Crippen LogP contribution in [0.1, 0.15) is 18.3 Å². The lowest BCUT2D eigenvalue weighted by Crippen LogP contribution is -2.46. The summed E-state index contributed by atoms with van der Waals surface area (Å²) in [5.74, 6) is 0.662. The Hall–Kier alpha value is -1.95. The first-order valence-electron chi connectivity index (χ1n) is 8.05. The summed E-state index contributed by atoms with van der Waals surface area (Å²) >= 11 is 0. The molecule has 2 aliphatic heterocycles. The Morgan fingerprint density at radius 1 is 1.13 bits per heavy atom. The maximum atomic E-state index is 5.78. The van der Waals surface area contributed by atoms with Crippen LogP contribution in [0.4, 0.5) is 0 Å². The predicted octanol–water partition coefficient (Wildman–Crippen LogP) is 2.53. The van der Waals surface area contributed by atoms with Crippen LogP contribution in [-0.4, -0.2) is 37.4 Å². The average Bonchev–Trinajstić information content (AvgIpc) is 3.08. The molecular formula is C18H20N2O3. The van der Waals surface area contributed by atoms with E-state index in [0.717, 1.165) is 23.4 Å². The van der Waals surface area contributed by atoms with Gasteiger partial charge in [0.15, 0.2) is 6.29 Å². The third-order valence-corrected chi connectivity index (χ3v) is 4.16. The second-order valence-electron chi connectivity index (χ2n) is 5.81. The topological polar surface area (TPSA) is 52.6 Å². The fourth-order valence-corrected chi connectivity index (χ4v) is 2.73. The summed E-state index contributed by atoms with van der Waals surface area (Å²) in [5.41, 5.74) is 2.95. The second kappa shape index (κ2) is 6.66. The largest absolute Gasteiger partial charge is 0.476 e. The molecule has 2 aliphatic rings. The molecule has 1 aromatic carbocycles. The molecule has 2 saturated heterocycles. The van der Waals surface area contributed by atoms with Crippen LogP contribution in [0.2, 0.25) is 0 Å². The molecule has 0 bridgehead atoms. The van der Waals surface area contributed by atoms with Crippen molar-refractivity contribution in [3.63, 3.8) is 0 Å². The molecule has 23 heavy (non-hydrogen) atoms. The summed E-state index contributed by atoms with van der Waals surface area (Å²) < 4.78 is 16.9. The Morgan fingerprint density at radius 3 is 2.74 bits per heavy atom. The number of hydrogen-bond acceptors (Lipinski definition) is 5. The number of aromatic nitrogens is 1. The summed E-state index contributed by atoms with van der Waals surface area (Å²) in [6.07, 6.45) is 0.905. The van der Waals surface area contributed by atoms with Gasteiger partial charge in [-0.25, -0.2) is 4.98 Å². The van der Waals surface area contributed by atoms with Gasteiger partial charge < -0.3 is 19.5 Å². The van der Waals surface area contributed by atoms with Crippen LogP contribution in [0.15, 0.2) is 42.5 Å². The number of pyridine rings is 1. The van der Waals surface area contributed by atoms with E-state index in [4.69, 9.17) is 14.2 Å². The fraction of sp³-hybridized carbons (Fsp3) is 0.389. The van der Waals surface area contributed by atoms with E-state index < -0.39 is 0 Å². The third kappa shape index (κ3) is 3.37. The molecule has 0 unspecified atom stereocenters. The van der Waals surface area contributed by atoms with E-state index in [1.807, 2.05) is 36.4 Å². The van der Waals surface area contributed by atoms with Crippen LogP contribution >= 0.6 is 0 Å². The van der Waals surface area contributed by atoms with Gasteiger partial charge in [0.1, 0.15) is 6.61 Å². The molecule has 2 fully saturated rings. The zero-order valence-corrected chi connectivity index (χ0v) is 12.9. The van der Waals surface area contributed by atoms with Gasteiger partial charge in [0.25, 0.3) is 0 Å². The molecule has 0 radical (unpaired) electrons. The van der Waals surface area contributed by atoms with Crippen molar-refractivity contribution in [3.05, 3.63) is 48.0 Å². The second-order valence-corrected chi connectivity index (χ2v) is 5.81. The standard InChI is InChI=1S/C18H20N2O3/c1-3-13(11-14(4-1)18-21-9-10-22-18)16-5-2-6-17(20-16)23-12-15-7-8-19-15/h1-6,11,15,18-19H,7-10,12H2/t15-/m1/s1. The van der Waals surface area contributed by atoms with Gasteiger partial charge in [0, 0.05) is 23.2 Å². The Bertz CT molecular complexity index is 667. The number of ether oxygens (including phenoxy) is 3. The first-order chi connectivity index (χ1) is 11.4. The van der Waals surface area contributed by atoms with E-state index in [2.05, 4.69) is 16.4 Å². The molecule has 1 aromatic heterocycles. The van der Waals surface area contributed by atoms with Crippen molar-refractivity contribution in [1.82, 2.24) is 10.3 Å². The van der Waals surface area contributed by atoms with Crippen molar-refractivity contribution >= 4 is 0 Å². The highest BCUT2D eigenvalue weighted by atomic mass is 16.7. The lowest BCUT2D eigenvalue weighted by atomic mass is 10.1.